The van der Waals surface area contributed by atoms with E-state index in [-0.39, 0.29) is 40.2 Å². The van der Waals surface area contributed by atoms with E-state index >= 15 is 0 Å². The second-order valence-corrected chi connectivity index (χ2v) is 9.17. The number of phenolic OH excluding ortho intramolecular Hbond substituents is 1. The van der Waals surface area contributed by atoms with E-state index in [9.17, 15) is 19.8 Å². The van der Waals surface area contributed by atoms with Crippen LogP contribution >= 0.6 is 11.6 Å². The van der Waals surface area contributed by atoms with Crippen LogP contribution in [0.15, 0.2) is 60.2 Å². The van der Waals surface area contributed by atoms with Crippen molar-refractivity contribution in [1.29, 1.82) is 0 Å². The van der Waals surface area contributed by atoms with Gasteiger partial charge in [-0.3, -0.25) is 14.5 Å². The molecule has 9 nitrogen and oxygen atoms in total. The van der Waals surface area contributed by atoms with E-state index in [1.54, 1.807) is 19.1 Å². The zero-order chi connectivity index (χ0) is 27.1. The van der Waals surface area contributed by atoms with Crippen LogP contribution in [0.5, 0.6) is 17.2 Å². The number of phenols is 1. The number of ether oxygens (including phenoxy) is 2. The van der Waals surface area contributed by atoms with Gasteiger partial charge in [0.25, 0.3) is 5.78 Å². The minimum absolute atomic E-state index is 0.103. The Morgan fingerprint density at radius 2 is 1.89 bits per heavy atom. The highest BCUT2D eigenvalue weighted by atomic mass is 35.5. The van der Waals surface area contributed by atoms with Crippen LogP contribution in [0.1, 0.15) is 29.7 Å². The van der Waals surface area contributed by atoms with Crippen molar-refractivity contribution < 1.29 is 29.3 Å². The number of aryl methyl sites for hydroxylation is 1. The van der Waals surface area contributed by atoms with Crippen molar-refractivity contribution >= 4 is 46.0 Å². The Labute approximate surface area is 222 Å². The zero-order valence-electron chi connectivity index (χ0n) is 20.8. The fourth-order valence-corrected chi connectivity index (χ4v) is 4.79. The number of amides is 1. The monoisotopic (exact) mass is 533 g/mol. The molecular formula is C28H24ClN3O6. The van der Waals surface area contributed by atoms with Gasteiger partial charge in [0.05, 0.1) is 41.4 Å². The lowest BCUT2D eigenvalue weighted by Crippen LogP contribution is -2.30. The average Bonchev–Trinajstić information content (AvgIpc) is 3.42. The van der Waals surface area contributed by atoms with E-state index in [1.165, 1.54) is 36.3 Å². The van der Waals surface area contributed by atoms with Gasteiger partial charge in [0.15, 0.2) is 11.5 Å². The molecule has 1 aromatic heterocycles. The minimum atomic E-state index is -1.09. The molecule has 38 heavy (non-hydrogen) atoms. The molecule has 3 N–H and O–H groups in total. The maximum Gasteiger partial charge on any atom is 0.302 e. The number of benzene rings is 3. The third kappa shape index (κ3) is 4.20. The number of aromatic hydroxyl groups is 1. The van der Waals surface area contributed by atoms with E-state index in [0.29, 0.717) is 22.3 Å². The second-order valence-electron chi connectivity index (χ2n) is 8.76. The first-order chi connectivity index (χ1) is 18.2. The van der Waals surface area contributed by atoms with Gasteiger partial charge < -0.3 is 24.7 Å². The molecule has 1 fully saturated rings. The number of anilines is 1. The van der Waals surface area contributed by atoms with Crippen molar-refractivity contribution in [1.82, 2.24) is 9.97 Å². The molecule has 10 heteroatoms. The number of nitrogens with zero attached hydrogens (tertiary/aromatic N) is 2. The van der Waals surface area contributed by atoms with Crippen LogP contribution < -0.4 is 14.4 Å². The Balaban J connectivity index is 1.74. The van der Waals surface area contributed by atoms with Gasteiger partial charge in [-0.25, -0.2) is 4.98 Å². The molecule has 1 aliphatic heterocycles. The number of fused-ring (bicyclic) bond motifs is 1. The molecule has 0 radical (unpaired) electrons. The van der Waals surface area contributed by atoms with Crippen molar-refractivity contribution in [2.45, 2.75) is 19.9 Å². The van der Waals surface area contributed by atoms with E-state index < -0.39 is 23.5 Å². The maximum absolute atomic E-state index is 13.5. The summed E-state index contributed by atoms with van der Waals surface area (Å²) < 4.78 is 10.7. The summed E-state index contributed by atoms with van der Waals surface area (Å²) in [7, 11) is 1.46. The predicted octanol–water partition coefficient (Wildman–Crippen LogP) is 5.26. The topological polar surface area (TPSA) is 125 Å². The van der Waals surface area contributed by atoms with E-state index in [2.05, 4.69) is 9.97 Å². The molecule has 1 atom stereocenters. The molecule has 0 saturated carbocycles. The van der Waals surface area contributed by atoms with Gasteiger partial charge in [-0.1, -0.05) is 23.7 Å². The fraction of sp³-hybridized carbons (Fsp3) is 0.179. The first-order valence-electron chi connectivity index (χ1n) is 11.8. The molecule has 1 aliphatic rings. The lowest BCUT2D eigenvalue weighted by atomic mass is 9.95. The van der Waals surface area contributed by atoms with Gasteiger partial charge >= 0.3 is 5.91 Å². The van der Waals surface area contributed by atoms with E-state index in [4.69, 9.17) is 21.1 Å². The summed E-state index contributed by atoms with van der Waals surface area (Å²) in [4.78, 5) is 35.8. The smallest absolute Gasteiger partial charge is 0.302 e. The Kier molecular flexibility index (Phi) is 6.46. The quantitative estimate of drug-likeness (QED) is 0.175. The van der Waals surface area contributed by atoms with E-state index in [1.807, 2.05) is 25.1 Å². The van der Waals surface area contributed by atoms with Gasteiger partial charge in [0, 0.05) is 5.56 Å². The van der Waals surface area contributed by atoms with Crippen molar-refractivity contribution in [2.24, 2.45) is 0 Å². The Hall–Kier alpha value is -4.50. The highest BCUT2D eigenvalue weighted by Crippen LogP contribution is 2.44. The van der Waals surface area contributed by atoms with Crippen LogP contribution in [0.3, 0.4) is 0 Å². The fourth-order valence-electron chi connectivity index (χ4n) is 4.53. The lowest BCUT2D eigenvalue weighted by molar-refractivity contribution is -0.132. The number of methoxy groups -OCH3 is 1. The summed E-state index contributed by atoms with van der Waals surface area (Å²) in [5.41, 5.74) is 2.76. The molecule has 1 unspecified atom stereocenters. The molecule has 0 bridgehead atoms. The third-order valence-corrected chi connectivity index (χ3v) is 6.62. The van der Waals surface area contributed by atoms with Crippen LogP contribution in [-0.4, -0.2) is 45.6 Å². The standard InChI is InChI=1S/C28H24ClN3O6/c1-4-38-22-13-15(6-9-20(22)33)24-23(25(34)16-7-10-21(37-3)17(29)12-16)26(35)27(36)32(24)28-30-18-8-5-14(2)11-19(18)31-28/h5-13,24,33-34H,4H2,1-3H3,(H,30,31)/b25-23+. The van der Waals surface area contributed by atoms with Gasteiger partial charge in [-0.05, 0) is 67.4 Å². The number of aromatic amines is 1. The number of aliphatic hydroxyl groups is 1. The number of rotatable bonds is 6. The average molecular weight is 534 g/mol. The molecule has 0 spiro atoms. The number of nitrogens with one attached hydrogen (secondary N) is 1. The van der Waals surface area contributed by atoms with Gasteiger partial charge in [-0.2, -0.15) is 0 Å². The largest absolute Gasteiger partial charge is 0.507 e. The van der Waals surface area contributed by atoms with Crippen LogP contribution in [0.4, 0.5) is 5.95 Å². The number of ketones is 1. The summed E-state index contributed by atoms with van der Waals surface area (Å²) in [6.07, 6.45) is 0. The highest BCUT2D eigenvalue weighted by molar-refractivity contribution is 6.51. The number of Topliss-reactive ketones (excluding diaryl/α,β-unsaturated/α-hetero) is 1. The lowest BCUT2D eigenvalue weighted by Gasteiger charge is -2.23. The molecule has 194 valence electrons. The Morgan fingerprint density at radius 3 is 2.61 bits per heavy atom. The molecule has 2 heterocycles. The molecule has 4 aromatic rings. The SMILES string of the molecule is CCOc1cc(C2/C(=C(\O)c3ccc(OC)c(Cl)c3)C(=O)C(=O)N2c2nc3ccc(C)cc3[nH]2)ccc1O. The summed E-state index contributed by atoms with van der Waals surface area (Å²) in [6.45, 7) is 3.98. The summed E-state index contributed by atoms with van der Waals surface area (Å²) in [6, 6.07) is 13.5. The molecule has 1 saturated heterocycles. The molecule has 0 aliphatic carbocycles. The first kappa shape index (κ1) is 25.2. The number of carbonyl (C=O) groups excluding carboxylic acids is 2. The maximum atomic E-state index is 13.5. The van der Waals surface area contributed by atoms with Gasteiger partial charge in [0.2, 0.25) is 5.95 Å². The number of aromatic nitrogens is 2. The molecule has 3 aromatic carbocycles. The second kappa shape index (κ2) is 9.75. The number of imidazole rings is 1. The number of carbonyl (C=O) groups is 2. The summed E-state index contributed by atoms with van der Waals surface area (Å²) >= 11 is 6.27. The van der Waals surface area contributed by atoms with Gasteiger partial charge in [0.1, 0.15) is 11.5 Å². The summed E-state index contributed by atoms with van der Waals surface area (Å²) in [5, 5.41) is 21.9. The molecule has 1 amide bonds. The number of halogens is 1. The Bertz CT molecular complexity index is 1630. The number of hydrogen-bond donors (Lipinski definition) is 3. The minimum Gasteiger partial charge on any atom is -0.507 e. The van der Waals surface area contributed by atoms with Crippen LogP contribution in [0, 0.1) is 6.92 Å². The van der Waals surface area contributed by atoms with Crippen LogP contribution in [-0.2, 0) is 9.59 Å². The predicted molar refractivity (Wildman–Crippen MR) is 143 cm³/mol. The van der Waals surface area contributed by atoms with Crippen LogP contribution in [0.2, 0.25) is 5.02 Å². The van der Waals surface area contributed by atoms with Crippen molar-refractivity contribution in [3.8, 4) is 17.2 Å². The van der Waals surface area contributed by atoms with E-state index in [0.717, 1.165) is 5.56 Å². The number of H-pyrrole nitrogens is 1. The summed E-state index contributed by atoms with van der Waals surface area (Å²) in [5.74, 6) is -1.61. The zero-order valence-corrected chi connectivity index (χ0v) is 21.5. The van der Waals surface area contributed by atoms with Crippen molar-refractivity contribution in [3.05, 3.63) is 81.9 Å². The van der Waals surface area contributed by atoms with Crippen molar-refractivity contribution in [3.63, 3.8) is 0 Å². The number of hydrogen-bond acceptors (Lipinski definition) is 7. The number of aliphatic hydroxyl groups excluding tert-OH is 1. The Morgan fingerprint density at radius 1 is 1.11 bits per heavy atom. The molecule has 5 rings (SSSR count). The van der Waals surface area contributed by atoms with Crippen LogP contribution in [0.25, 0.3) is 16.8 Å². The third-order valence-electron chi connectivity index (χ3n) is 6.32. The normalized spacial score (nSPS) is 16.8. The highest BCUT2D eigenvalue weighted by Gasteiger charge is 2.48. The molecular weight excluding hydrogens is 510 g/mol. The van der Waals surface area contributed by atoms with Crippen molar-refractivity contribution in [2.75, 3.05) is 18.6 Å². The first-order valence-corrected chi connectivity index (χ1v) is 12.2. The van der Waals surface area contributed by atoms with Gasteiger partial charge in [-0.15, -0.1) is 0 Å².